The zero-order valence-corrected chi connectivity index (χ0v) is 12.8. The molecule has 0 aliphatic rings. The van der Waals surface area contributed by atoms with Gasteiger partial charge in [0.1, 0.15) is 0 Å². The second-order valence-electron chi connectivity index (χ2n) is 4.28. The molecule has 0 saturated heterocycles. The minimum Gasteiger partial charge on any atom is -0.478 e. The third-order valence-electron chi connectivity index (χ3n) is 2.60. The fourth-order valence-corrected chi connectivity index (χ4v) is 2.32. The van der Waals surface area contributed by atoms with Crippen LogP contribution in [-0.4, -0.2) is 35.2 Å². The molecule has 110 valence electrons. The van der Waals surface area contributed by atoms with Gasteiger partial charge in [-0.25, -0.2) is 9.59 Å². The Hall–Kier alpha value is -1.40. The van der Waals surface area contributed by atoms with Gasteiger partial charge < -0.3 is 15.7 Å². The summed E-state index contributed by atoms with van der Waals surface area (Å²) in [5.41, 5.74) is 0.459. The van der Waals surface area contributed by atoms with Crippen LogP contribution in [0.4, 0.5) is 10.5 Å². The number of nitrogens with one attached hydrogen (secondary N) is 2. The molecular weight excluding hydrogens is 300 g/mol. The fourth-order valence-electron chi connectivity index (χ4n) is 1.50. The lowest BCUT2D eigenvalue weighted by atomic mass is 10.2. The van der Waals surface area contributed by atoms with Crippen molar-refractivity contribution in [2.75, 3.05) is 17.3 Å². The van der Waals surface area contributed by atoms with E-state index in [-0.39, 0.29) is 22.7 Å². The molecule has 5 nitrogen and oxygen atoms in total. The Morgan fingerprint density at radius 1 is 1.45 bits per heavy atom. The number of hydrogen-bond donors (Lipinski definition) is 3. The van der Waals surface area contributed by atoms with Gasteiger partial charge >= 0.3 is 12.0 Å². The van der Waals surface area contributed by atoms with Crippen LogP contribution in [0.25, 0.3) is 0 Å². The highest BCUT2D eigenvalue weighted by molar-refractivity contribution is 7.98. The van der Waals surface area contributed by atoms with Crippen LogP contribution >= 0.6 is 23.4 Å². The summed E-state index contributed by atoms with van der Waals surface area (Å²) in [4.78, 5) is 22.5. The molecule has 0 fully saturated rings. The number of carboxylic acids is 1. The largest absolute Gasteiger partial charge is 0.478 e. The summed E-state index contributed by atoms with van der Waals surface area (Å²) in [6, 6.07) is 3.86. The fraction of sp³-hybridized carbons (Fsp3) is 0.385. The molecule has 0 aliphatic heterocycles. The van der Waals surface area contributed by atoms with Crippen LogP contribution in [0.5, 0.6) is 0 Å². The number of amides is 2. The Morgan fingerprint density at radius 2 is 2.15 bits per heavy atom. The van der Waals surface area contributed by atoms with Crippen LogP contribution in [0.3, 0.4) is 0 Å². The predicted molar refractivity (Wildman–Crippen MR) is 83.0 cm³/mol. The van der Waals surface area contributed by atoms with E-state index in [4.69, 9.17) is 16.7 Å². The van der Waals surface area contributed by atoms with Crippen molar-refractivity contribution < 1.29 is 14.7 Å². The Kier molecular flexibility index (Phi) is 6.67. The number of thioether (sulfide) groups is 1. The molecule has 0 aliphatic carbocycles. The molecule has 20 heavy (non-hydrogen) atoms. The van der Waals surface area contributed by atoms with E-state index in [0.29, 0.717) is 5.69 Å². The Balaban J connectivity index is 2.60. The lowest BCUT2D eigenvalue weighted by Crippen LogP contribution is -2.36. The van der Waals surface area contributed by atoms with Crippen molar-refractivity contribution >= 4 is 41.1 Å². The molecule has 0 saturated carbocycles. The molecule has 3 N–H and O–H groups in total. The topological polar surface area (TPSA) is 78.4 Å². The second-order valence-corrected chi connectivity index (χ2v) is 5.67. The first-order valence-electron chi connectivity index (χ1n) is 6.03. The number of carbonyl (C=O) groups excluding carboxylic acids is 1. The van der Waals surface area contributed by atoms with Crippen molar-refractivity contribution in [3.63, 3.8) is 0 Å². The minimum absolute atomic E-state index is 0.0551. The molecule has 0 spiro atoms. The van der Waals surface area contributed by atoms with E-state index in [1.54, 1.807) is 11.8 Å². The number of aromatic carboxylic acids is 1. The summed E-state index contributed by atoms with van der Waals surface area (Å²) in [6.07, 6.45) is 2.89. The van der Waals surface area contributed by atoms with Gasteiger partial charge in [0.05, 0.1) is 16.3 Å². The highest BCUT2D eigenvalue weighted by atomic mass is 35.5. The summed E-state index contributed by atoms with van der Waals surface area (Å²) in [7, 11) is 0. The number of benzene rings is 1. The number of carbonyl (C=O) groups is 2. The average Bonchev–Trinajstić information content (AvgIpc) is 2.38. The molecule has 1 atom stereocenters. The van der Waals surface area contributed by atoms with E-state index in [9.17, 15) is 9.59 Å². The van der Waals surface area contributed by atoms with Gasteiger partial charge in [-0.2, -0.15) is 11.8 Å². The lowest BCUT2D eigenvalue weighted by molar-refractivity contribution is 0.0697. The number of halogens is 1. The zero-order chi connectivity index (χ0) is 15.1. The smallest absolute Gasteiger partial charge is 0.335 e. The number of anilines is 1. The maximum atomic E-state index is 11.8. The van der Waals surface area contributed by atoms with Gasteiger partial charge in [-0.05, 0) is 43.6 Å². The highest BCUT2D eigenvalue weighted by Crippen LogP contribution is 2.23. The normalized spacial score (nSPS) is 11.8. The van der Waals surface area contributed by atoms with E-state index in [0.717, 1.165) is 12.2 Å². The summed E-state index contributed by atoms with van der Waals surface area (Å²) < 4.78 is 0. The van der Waals surface area contributed by atoms with Crippen molar-refractivity contribution in [3.05, 3.63) is 28.8 Å². The van der Waals surface area contributed by atoms with Crippen molar-refractivity contribution in [1.82, 2.24) is 5.32 Å². The van der Waals surface area contributed by atoms with E-state index in [1.165, 1.54) is 18.2 Å². The van der Waals surface area contributed by atoms with Crippen LogP contribution in [-0.2, 0) is 0 Å². The van der Waals surface area contributed by atoms with Gasteiger partial charge in [0.25, 0.3) is 0 Å². The standard InChI is InChI=1S/C13H17ClN2O3S/c1-8(5-6-20-2)15-13(19)16-11-4-3-9(12(17)18)7-10(11)14/h3-4,7-8H,5-6H2,1-2H3,(H,17,18)(H2,15,16,19). The van der Waals surface area contributed by atoms with Gasteiger partial charge in [-0.15, -0.1) is 0 Å². The monoisotopic (exact) mass is 316 g/mol. The highest BCUT2D eigenvalue weighted by Gasteiger charge is 2.11. The van der Waals surface area contributed by atoms with Crippen LogP contribution < -0.4 is 10.6 Å². The Bertz CT molecular complexity index is 497. The summed E-state index contributed by atoms with van der Waals surface area (Å²) in [5.74, 6) is -0.0937. The summed E-state index contributed by atoms with van der Waals surface area (Å²) >= 11 is 7.65. The average molecular weight is 317 g/mol. The van der Waals surface area contributed by atoms with Gasteiger partial charge in [-0.1, -0.05) is 11.6 Å². The quantitative estimate of drug-likeness (QED) is 0.752. The maximum Gasteiger partial charge on any atom is 0.335 e. The third kappa shape index (κ3) is 5.30. The number of hydrogen-bond acceptors (Lipinski definition) is 3. The first-order valence-corrected chi connectivity index (χ1v) is 7.80. The van der Waals surface area contributed by atoms with Crippen molar-refractivity contribution in [1.29, 1.82) is 0 Å². The third-order valence-corrected chi connectivity index (χ3v) is 3.55. The van der Waals surface area contributed by atoms with Crippen LogP contribution in [0.1, 0.15) is 23.7 Å². The van der Waals surface area contributed by atoms with Crippen LogP contribution in [0.15, 0.2) is 18.2 Å². The van der Waals surface area contributed by atoms with Gasteiger partial charge in [0.2, 0.25) is 0 Å². The van der Waals surface area contributed by atoms with E-state index >= 15 is 0 Å². The number of carboxylic acid groups (broad SMARTS) is 1. The lowest BCUT2D eigenvalue weighted by Gasteiger charge is -2.14. The molecule has 1 unspecified atom stereocenters. The predicted octanol–water partition coefficient (Wildman–Crippen LogP) is 3.30. The number of urea groups is 1. The van der Waals surface area contributed by atoms with Gasteiger partial charge in [-0.3, -0.25) is 0 Å². The molecule has 2 amide bonds. The molecule has 7 heteroatoms. The van der Waals surface area contributed by atoms with Crippen molar-refractivity contribution in [2.24, 2.45) is 0 Å². The summed E-state index contributed by atoms with van der Waals surface area (Å²) in [5, 5.41) is 14.4. The molecule has 0 heterocycles. The molecule has 1 aromatic rings. The minimum atomic E-state index is -1.06. The second kappa shape index (κ2) is 8.01. The zero-order valence-electron chi connectivity index (χ0n) is 11.3. The molecular formula is C13H17ClN2O3S. The summed E-state index contributed by atoms with van der Waals surface area (Å²) in [6.45, 7) is 1.92. The SMILES string of the molecule is CSCCC(C)NC(=O)Nc1ccc(C(=O)O)cc1Cl. The molecule has 0 aromatic heterocycles. The molecule has 0 bridgehead atoms. The first kappa shape index (κ1) is 16.7. The Morgan fingerprint density at radius 3 is 2.70 bits per heavy atom. The van der Waals surface area contributed by atoms with Gasteiger partial charge in [0.15, 0.2) is 0 Å². The van der Waals surface area contributed by atoms with Gasteiger partial charge in [0, 0.05) is 6.04 Å². The first-order chi connectivity index (χ1) is 9.43. The van der Waals surface area contributed by atoms with E-state index in [1.807, 2.05) is 13.2 Å². The van der Waals surface area contributed by atoms with E-state index < -0.39 is 5.97 Å². The molecule has 1 rings (SSSR count). The van der Waals surface area contributed by atoms with Crippen LogP contribution in [0.2, 0.25) is 5.02 Å². The van der Waals surface area contributed by atoms with E-state index in [2.05, 4.69) is 10.6 Å². The Labute approximate surface area is 127 Å². The van der Waals surface area contributed by atoms with Crippen molar-refractivity contribution in [2.45, 2.75) is 19.4 Å². The number of rotatable bonds is 6. The molecule has 0 radical (unpaired) electrons. The maximum absolute atomic E-state index is 11.8. The van der Waals surface area contributed by atoms with Crippen molar-refractivity contribution in [3.8, 4) is 0 Å². The molecule has 1 aromatic carbocycles. The van der Waals surface area contributed by atoms with Crippen LogP contribution in [0, 0.1) is 0 Å².